The maximum Gasteiger partial charge on any atom is 0.338 e. The van der Waals surface area contributed by atoms with Crippen LogP contribution in [0.2, 0.25) is 5.02 Å². The number of thiazole rings is 1. The molecular formula is C22H19ClF3N5O2S. The number of esters is 1. The van der Waals surface area contributed by atoms with E-state index in [1.165, 1.54) is 28.4 Å². The molecule has 1 saturated heterocycles. The Morgan fingerprint density at radius 3 is 2.91 bits per heavy atom. The van der Waals surface area contributed by atoms with Crippen LogP contribution in [0.25, 0.3) is 4.85 Å². The van der Waals surface area contributed by atoms with Gasteiger partial charge in [0.15, 0.2) is 10.8 Å². The molecule has 4 rings (SSSR count). The van der Waals surface area contributed by atoms with Crippen molar-refractivity contribution in [3.05, 3.63) is 73.9 Å². The minimum Gasteiger partial charge on any atom is -0.463 e. The van der Waals surface area contributed by atoms with Crippen LogP contribution in [0.5, 0.6) is 0 Å². The topological polar surface area (TPSA) is 71.2 Å². The van der Waals surface area contributed by atoms with Crippen molar-refractivity contribution in [1.29, 1.82) is 0 Å². The Bertz CT molecular complexity index is 1200. The van der Waals surface area contributed by atoms with Crippen LogP contribution in [0.4, 0.5) is 13.2 Å². The van der Waals surface area contributed by atoms with E-state index in [4.69, 9.17) is 22.9 Å². The first-order chi connectivity index (χ1) is 16.2. The Morgan fingerprint density at radius 1 is 1.47 bits per heavy atom. The first-order valence-electron chi connectivity index (χ1n) is 10.3. The average molecular weight is 510 g/mol. The second-order valence-electron chi connectivity index (χ2n) is 7.70. The number of aromatic nitrogens is 1. The minimum absolute atomic E-state index is 0.0435. The molecule has 0 spiro atoms. The summed E-state index contributed by atoms with van der Waals surface area (Å²) in [4.78, 5) is 26.6. The summed E-state index contributed by atoms with van der Waals surface area (Å²) in [6.45, 7) is 8.25. The number of amidine groups is 1. The van der Waals surface area contributed by atoms with Gasteiger partial charge in [-0.05, 0) is 19.1 Å². The molecule has 1 N–H and O–H groups in total. The number of aliphatic imine (C=N–C) groups is 1. The van der Waals surface area contributed by atoms with Crippen molar-refractivity contribution < 1.29 is 22.7 Å². The molecular weight excluding hydrogens is 491 g/mol. The molecule has 178 valence electrons. The number of carbonyl (C=O) groups is 1. The van der Waals surface area contributed by atoms with E-state index in [1.54, 1.807) is 18.5 Å². The Hall–Kier alpha value is -2.94. The molecule has 2 aromatic rings. The van der Waals surface area contributed by atoms with Crippen LogP contribution >= 0.6 is 22.9 Å². The van der Waals surface area contributed by atoms with Gasteiger partial charge in [-0.1, -0.05) is 17.7 Å². The Morgan fingerprint density at radius 2 is 2.26 bits per heavy atom. The predicted molar refractivity (Wildman–Crippen MR) is 121 cm³/mol. The molecule has 3 heterocycles. The van der Waals surface area contributed by atoms with Crippen LogP contribution < -0.4 is 5.32 Å². The molecule has 0 aliphatic carbocycles. The van der Waals surface area contributed by atoms with Gasteiger partial charge < -0.3 is 10.1 Å². The first kappa shape index (κ1) is 24.2. The van der Waals surface area contributed by atoms with Gasteiger partial charge in [0.25, 0.3) is 12.1 Å². The van der Waals surface area contributed by atoms with Gasteiger partial charge in [0, 0.05) is 34.4 Å². The number of carbonyl (C=O) groups excluding carboxylic acids is 1. The van der Waals surface area contributed by atoms with Crippen molar-refractivity contribution in [1.82, 2.24) is 15.2 Å². The number of ether oxygens (including phenoxy) is 1. The predicted octanol–water partition coefficient (Wildman–Crippen LogP) is 4.43. The fraction of sp³-hybridized carbons (Fsp3) is 0.364. The number of halogens is 4. The monoisotopic (exact) mass is 509 g/mol. The zero-order chi connectivity index (χ0) is 24.5. The Labute approximate surface area is 202 Å². The summed E-state index contributed by atoms with van der Waals surface area (Å²) in [5.41, 5.74) is 0.637. The lowest BCUT2D eigenvalue weighted by molar-refractivity contribution is -0.139. The normalized spacial score (nSPS) is 22.2. The standard InChI is InChI=1S/C22H19ClF3N5O2S/c1-3-33-21(32)17-15(10-31-11-22(25,26)9-16(31)27-2)29-19(20-28-6-7-34-20)30-18(17)13-5-4-12(24)8-14(13)23/h4-8,16,18H,3,9-11H2,1H3,(H,29,30)/t16-,18?/m0/s1. The van der Waals surface area contributed by atoms with Crippen molar-refractivity contribution in [2.24, 2.45) is 4.99 Å². The lowest BCUT2D eigenvalue weighted by Crippen LogP contribution is -2.41. The van der Waals surface area contributed by atoms with Gasteiger partial charge in [-0.25, -0.2) is 34.4 Å². The molecule has 2 atom stereocenters. The quantitative estimate of drug-likeness (QED) is 0.461. The van der Waals surface area contributed by atoms with E-state index in [9.17, 15) is 18.0 Å². The molecule has 2 aliphatic heterocycles. The van der Waals surface area contributed by atoms with Crippen molar-refractivity contribution in [3.63, 3.8) is 0 Å². The summed E-state index contributed by atoms with van der Waals surface area (Å²) < 4.78 is 47.2. The van der Waals surface area contributed by atoms with Crippen LogP contribution in [-0.2, 0) is 9.53 Å². The number of likely N-dealkylation sites (tertiary alicyclic amines) is 1. The van der Waals surface area contributed by atoms with Gasteiger partial charge in [-0.2, -0.15) is 0 Å². The van der Waals surface area contributed by atoms with Crippen LogP contribution in [0.1, 0.15) is 30.0 Å². The van der Waals surface area contributed by atoms with Gasteiger partial charge >= 0.3 is 5.97 Å². The van der Waals surface area contributed by atoms with Gasteiger partial charge in [0.2, 0.25) is 0 Å². The van der Waals surface area contributed by atoms with Crippen molar-refractivity contribution in [2.75, 3.05) is 19.7 Å². The van der Waals surface area contributed by atoms with E-state index >= 15 is 0 Å². The van der Waals surface area contributed by atoms with E-state index < -0.39 is 42.9 Å². The molecule has 0 radical (unpaired) electrons. The van der Waals surface area contributed by atoms with E-state index in [1.807, 2.05) is 0 Å². The van der Waals surface area contributed by atoms with E-state index in [0.29, 0.717) is 16.4 Å². The lowest BCUT2D eigenvalue weighted by atomic mass is 9.95. The van der Waals surface area contributed by atoms with Gasteiger partial charge in [0.05, 0.1) is 18.7 Å². The fourth-order valence-corrected chi connectivity index (χ4v) is 4.78. The number of alkyl halides is 2. The molecule has 1 aromatic heterocycles. The maximum atomic E-state index is 14.1. The highest BCUT2D eigenvalue weighted by Gasteiger charge is 2.49. The second-order valence-corrected chi connectivity index (χ2v) is 9.00. The Kier molecular flexibility index (Phi) is 6.93. The van der Waals surface area contributed by atoms with E-state index in [2.05, 4.69) is 20.1 Å². The molecule has 0 saturated carbocycles. The van der Waals surface area contributed by atoms with Crippen LogP contribution in [0, 0.1) is 12.4 Å². The largest absolute Gasteiger partial charge is 0.463 e. The first-order valence-corrected chi connectivity index (χ1v) is 11.6. The number of benzene rings is 1. The third kappa shape index (κ3) is 4.94. The van der Waals surface area contributed by atoms with Crippen molar-refractivity contribution in [2.45, 2.75) is 31.5 Å². The fourth-order valence-electron chi connectivity index (χ4n) is 3.92. The number of nitrogens with one attached hydrogen (secondary N) is 1. The van der Waals surface area contributed by atoms with Gasteiger partial charge in [-0.15, -0.1) is 11.3 Å². The van der Waals surface area contributed by atoms with Crippen molar-refractivity contribution in [3.8, 4) is 0 Å². The molecule has 1 fully saturated rings. The SMILES string of the molecule is [C-]#[N+][C@@H]1CC(F)(F)CN1CC1=C(C(=O)OCC)C(c2ccc(F)cc2Cl)N=C(c2nccs2)N1. The number of hydrogen-bond acceptors (Lipinski definition) is 7. The van der Waals surface area contributed by atoms with E-state index in [-0.39, 0.29) is 29.4 Å². The number of rotatable bonds is 6. The maximum absolute atomic E-state index is 14.1. The van der Waals surface area contributed by atoms with Gasteiger partial charge in [-0.3, -0.25) is 9.84 Å². The highest BCUT2D eigenvalue weighted by molar-refractivity contribution is 7.11. The average Bonchev–Trinajstić information content (AvgIpc) is 3.41. The van der Waals surface area contributed by atoms with E-state index in [0.717, 1.165) is 6.07 Å². The third-order valence-electron chi connectivity index (χ3n) is 5.36. The summed E-state index contributed by atoms with van der Waals surface area (Å²) in [6.07, 6.45) is -0.0773. The molecule has 1 unspecified atom stereocenters. The van der Waals surface area contributed by atoms with Crippen LogP contribution in [0.3, 0.4) is 0 Å². The molecule has 12 heteroatoms. The smallest absolute Gasteiger partial charge is 0.338 e. The zero-order valence-electron chi connectivity index (χ0n) is 17.9. The summed E-state index contributed by atoms with van der Waals surface area (Å²) >= 11 is 7.60. The Balaban J connectivity index is 1.84. The molecule has 0 bridgehead atoms. The molecule has 7 nitrogen and oxygen atoms in total. The molecule has 2 aliphatic rings. The summed E-state index contributed by atoms with van der Waals surface area (Å²) in [5.74, 6) is -4.01. The molecule has 34 heavy (non-hydrogen) atoms. The summed E-state index contributed by atoms with van der Waals surface area (Å²) in [7, 11) is 0. The number of hydrogen-bond donors (Lipinski definition) is 1. The summed E-state index contributed by atoms with van der Waals surface area (Å²) in [6, 6.07) is 2.71. The van der Waals surface area contributed by atoms with Crippen LogP contribution in [-0.4, -0.2) is 53.5 Å². The summed E-state index contributed by atoms with van der Waals surface area (Å²) in [5, 5.41) is 5.32. The molecule has 1 aromatic carbocycles. The van der Waals surface area contributed by atoms with Crippen molar-refractivity contribution >= 4 is 34.7 Å². The third-order valence-corrected chi connectivity index (χ3v) is 6.47. The van der Waals surface area contributed by atoms with Gasteiger partial charge in [0.1, 0.15) is 18.3 Å². The highest BCUT2D eigenvalue weighted by Crippen LogP contribution is 2.38. The van der Waals surface area contributed by atoms with Crippen LogP contribution in [0.15, 0.2) is 46.0 Å². The number of nitrogens with zero attached hydrogens (tertiary/aromatic N) is 4. The zero-order valence-corrected chi connectivity index (χ0v) is 19.5. The lowest BCUT2D eigenvalue weighted by Gasteiger charge is -2.29. The minimum atomic E-state index is -3.03. The second kappa shape index (κ2) is 9.74. The molecule has 0 amide bonds. The highest BCUT2D eigenvalue weighted by atomic mass is 35.5.